The van der Waals surface area contributed by atoms with Gasteiger partial charge in [-0.05, 0) is 17.7 Å². The Hall–Kier alpha value is -3.09. The molecule has 1 aromatic carbocycles. The molecule has 0 saturated heterocycles. The Labute approximate surface area is 131 Å². The smallest absolute Gasteiger partial charge is 0.417 e. The first-order valence-electron chi connectivity index (χ1n) is 6.65. The van der Waals surface area contributed by atoms with Crippen molar-refractivity contribution >= 4 is 17.9 Å². The minimum atomic E-state index is -1.14. The molecule has 2 aromatic rings. The number of hydrogen-bond donors (Lipinski definition) is 0. The summed E-state index contributed by atoms with van der Waals surface area (Å²) in [5.74, 6) is -2.71. The average Bonchev–Trinajstić information content (AvgIpc) is 3.06. The highest BCUT2D eigenvalue weighted by molar-refractivity contribution is 6.29. The molecule has 7 heteroatoms. The van der Waals surface area contributed by atoms with Crippen molar-refractivity contribution in [3.8, 4) is 0 Å². The number of carbonyl (C=O) groups is 3. The Bertz CT molecular complexity index is 687. The summed E-state index contributed by atoms with van der Waals surface area (Å²) in [6.45, 7) is -0.321. The van der Waals surface area contributed by atoms with Gasteiger partial charge in [-0.3, -0.25) is 0 Å². The van der Waals surface area contributed by atoms with Crippen LogP contribution < -0.4 is 0 Å². The van der Waals surface area contributed by atoms with Crippen LogP contribution in [-0.4, -0.2) is 25.0 Å². The summed E-state index contributed by atoms with van der Waals surface area (Å²) in [6, 6.07) is 11.7. The lowest BCUT2D eigenvalue weighted by atomic mass is 10.2. The first-order valence-corrected chi connectivity index (χ1v) is 6.65. The molecule has 2 rings (SSSR count). The summed E-state index contributed by atoms with van der Waals surface area (Å²) in [4.78, 5) is 34.2. The molecule has 1 heterocycles. The summed E-state index contributed by atoms with van der Waals surface area (Å²) in [5.41, 5.74) is 0.752. The molecule has 7 nitrogen and oxygen atoms in total. The van der Waals surface area contributed by atoms with Crippen molar-refractivity contribution in [3.05, 3.63) is 59.5 Å². The van der Waals surface area contributed by atoms with E-state index in [0.717, 1.165) is 5.56 Å². The predicted octanol–water partition coefficient (Wildman–Crippen LogP) is 1.85. The molecule has 120 valence electrons. The molecule has 0 bridgehead atoms. The number of benzene rings is 1. The first-order chi connectivity index (χ1) is 11.1. The van der Waals surface area contributed by atoms with E-state index in [1.165, 1.54) is 19.2 Å². The number of hydrogen-bond acceptors (Lipinski definition) is 7. The lowest BCUT2D eigenvalue weighted by Gasteiger charge is -2.04. The topological polar surface area (TPSA) is 92.0 Å². The highest BCUT2D eigenvalue weighted by Crippen LogP contribution is 2.10. The van der Waals surface area contributed by atoms with E-state index in [9.17, 15) is 14.4 Å². The van der Waals surface area contributed by atoms with Gasteiger partial charge < -0.3 is 18.6 Å². The Morgan fingerprint density at radius 1 is 0.913 bits per heavy atom. The van der Waals surface area contributed by atoms with Crippen LogP contribution in [0.25, 0.3) is 0 Å². The van der Waals surface area contributed by atoms with Crippen LogP contribution in [0.5, 0.6) is 0 Å². The fourth-order valence-electron chi connectivity index (χ4n) is 1.64. The van der Waals surface area contributed by atoms with Gasteiger partial charge in [0.15, 0.2) is 0 Å². The normalized spacial score (nSPS) is 9.96. The standard InChI is InChI=1S/C16H14O7/c1-20-14(17)13-8-7-12(23-13)10-22-16(19)15(18)21-9-11-5-3-2-4-6-11/h2-8H,9-10H2,1H3. The molecule has 0 saturated carbocycles. The van der Waals surface area contributed by atoms with Crippen LogP contribution in [0.15, 0.2) is 46.9 Å². The maximum Gasteiger partial charge on any atom is 0.417 e. The fraction of sp³-hybridized carbons (Fsp3) is 0.188. The number of furan rings is 1. The molecule has 23 heavy (non-hydrogen) atoms. The zero-order chi connectivity index (χ0) is 16.7. The second kappa shape index (κ2) is 7.79. The minimum absolute atomic E-state index is 0.0230. The van der Waals surface area contributed by atoms with E-state index < -0.39 is 17.9 Å². The minimum Gasteiger partial charge on any atom is -0.463 e. The van der Waals surface area contributed by atoms with Crippen LogP contribution in [0.1, 0.15) is 21.9 Å². The highest BCUT2D eigenvalue weighted by atomic mass is 16.6. The molecule has 0 radical (unpaired) electrons. The third-order valence-electron chi connectivity index (χ3n) is 2.77. The Balaban J connectivity index is 1.78. The zero-order valence-electron chi connectivity index (χ0n) is 12.3. The second-order valence-electron chi connectivity index (χ2n) is 4.40. The summed E-state index contributed by atoms with van der Waals surface area (Å²) < 4.78 is 19.1. The van der Waals surface area contributed by atoms with Crippen molar-refractivity contribution in [2.24, 2.45) is 0 Å². The summed E-state index contributed by atoms with van der Waals surface area (Å²) >= 11 is 0. The highest BCUT2D eigenvalue weighted by Gasteiger charge is 2.19. The van der Waals surface area contributed by atoms with Gasteiger partial charge in [0.1, 0.15) is 19.0 Å². The molecule has 0 aliphatic carbocycles. The van der Waals surface area contributed by atoms with Crippen LogP contribution in [0.2, 0.25) is 0 Å². The van der Waals surface area contributed by atoms with Gasteiger partial charge in [0, 0.05) is 0 Å². The van der Waals surface area contributed by atoms with Gasteiger partial charge in [-0.2, -0.15) is 0 Å². The molecular weight excluding hydrogens is 304 g/mol. The Morgan fingerprint density at radius 3 is 2.22 bits per heavy atom. The van der Waals surface area contributed by atoms with E-state index >= 15 is 0 Å². The molecule has 0 amide bonds. The molecular formula is C16H14O7. The first kappa shape index (κ1) is 16.3. The lowest BCUT2D eigenvalue weighted by Crippen LogP contribution is -2.20. The van der Waals surface area contributed by atoms with Gasteiger partial charge in [0.25, 0.3) is 0 Å². The molecule has 0 unspecified atom stereocenters. The van der Waals surface area contributed by atoms with Gasteiger partial charge in [0.05, 0.1) is 7.11 Å². The third kappa shape index (κ3) is 4.70. The van der Waals surface area contributed by atoms with Crippen LogP contribution in [0, 0.1) is 0 Å². The predicted molar refractivity (Wildman–Crippen MR) is 76.1 cm³/mol. The molecule has 0 N–H and O–H groups in total. The SMILES string of the molecule is COC(=O)c1ccc(COC(=O)C(=O)OCc2ccccc2)o1. The quantitative estimate of drug-likeness (QED) is 0.472. The van der Waals surface area contributed by atoms with Crippen LogP contribution in [0.3, 0.4) is 0 Å². The van der Waals surface area contributed by atoms with Crippen LogP contribution >= 0.6 is 0 Å². The summed E-state index contributed by atoms with van der Waals surface area (Å²) in [7, 11) is 1.22. The molecule has 0 spiro atoms. The van der Waals surface area contributed by atoms with Gasteiger partial charge in [-0.15, -0.1) is 0 Å². The third-order valence-corrected chi connectivity index (χ3v) is 2.77. The Morgan fingerprint density at radius 2 is 1.57 bits per heavy atom. The number of methoxy groups -OCH3 is 1. The van der Waals surface area contributed by atoms with Crippen LogP contribution in [0.4, 0.5) is 0 Å². The Kier molecular flexibility index (Phi) is 5.51. The van der Waals surface area contributed by atoms with E-state index in [1.807, 2.05) is 6.07 Å². The number of esters is 3. The lowest BCUT2D eigenvalue weighted by molar-refractivity contribution is -0.169. The molecule has 0 atom stereocenters. The summed E-state index contributed by atoms with van der Waals surface area (Å²) in [5, 5.41) is 0. The largest absolute Gasteiger partial charge is 0.463 e. The second-order valence-corrected chi connectivity index (χ2v) is 4.40. The van der Waals surface area contributed by atoms with Crippen molar-refractivity contribution in [2.45, 2.75) is 13.2 Å². The van der Waals surface area contributed by atoms with Gasteiger partial charge in [-0.25, -0.2) is 14.4 Å². The van der Waals surface area contributed by atoms with Crippen molar-refractivity contribution < 1.29 is 33.0 Å². The maximum atomic E-state index is 11.5. The number of rotatable bonds is 5. The number of carbonyl (C=O) groups excluding carboxylic acids is 3. The maximum absolute atomic E-state index is 11.5. The van der Waals surface area contributed by atoms with Crippen molar-refractivity contribution in [1.82, 2.24) is 0 Å². The van der Waals surface area contributed by atoms with Crippen molar-refractivity contribution in [2.75, 3.05) is 7.11 Å². The number of ether oxygens (including phenoxy) is 3. The van der Waals surface area contributed by atoms with E-state index in [-0.39, 0.29) is 24.7 Å². The summed E-state index contributed by atoms with van der Waals surface area (Å²) in [6.07, 6.45) is 0. The fourth-order valence-corrected chi connectivity index (χ4v) is 1.64. The molecule has 0 aliphatic heterocycles. The van der Waals surface area contributed by atoms with E-state index in [1.54, 1.807) is 24.3 Å². The average molecular weight is 318 g/mol. The van der Waals surface area contributed by atoms with E-state index in [4.69, 9.17) is 13.9 Å². The van der Waals surface area contributed by atoms with Gasteiger partial charge in [0.2, 0.25) is 5.76 Å². The molecule has 1 aromatic heterocycles. The molecule has 0 fully saturated rings. The monoisotopic (exact) mass is 318 g/mol. The van der Waals surface area contributed by atoms with E-state index in [0.29, 0.717) is 0 Å². The zero-order valence-corrected chi connectivity index (χ0v) is 12.3. The van der Waals surface area contributed by atoms with Crippen molar-refractivity contribution in [3.63, 3.8) is 0 Å². The van der Waals surface area contributed by atoms with Gasteiger partial charge in [-0.1, -0.05) is 30.3 Å². The van der Waals surface area contributed by atoms with Gasteiger partial charge >= 0.3 is 17.9 Å². The van der Waals surface area contributed by atoms with Crippen LogP contribution in [-0.2, 0) is 37.0 Å². The molecule has 0 aliphatic rings. The van der Waals surface area contributed by atoms with Crippen molar-refractivity contribution in [1.29, 1.82) is 0 Å². The van der Waals surface area contributed by atoms with E-state index in [2.05, 4.69) is 4.74 Å².